The fourth-order valence-corrected chi connectivity index (χ4v) is 1.21. The first-order valence-electron chi connectivity index (χ1n) is 5.19. The van der Waals surface area contributed by atoms with Gasteiger partial charge in [-0.1, -0.05) is 31.2 Å². The molecule has 2 heteroatoms. The molecule has 0 aliphatic rings. The van der Waals surface area contributed by atoms with Gasteiger partial charge in [0.05, 0.1) is 12.9 Å². The van der Waals surface area contributed by atoms with Gasteiger partial charge in [-0.05, 0) is 18.9 Å². The molecule has 0 aliphatic heterocycles. The van der Waals surface area contributed by atoms with Crippen molar-refractivity contribution in [1.29, 1.82) is 0 Å². The third-order valence-corrected chi connectivity index (χ3v) is 2.13. The molecular weight excluding hydrogens is 188 g/mol. The molecule has 80 valence electrons. The fraction of sp³-hybridized carbons (Fsp3) is 0.308. The Kier molecular flexibility index (Phi) is 4.61. The number of hydrogen-bond acceptors (Lipinski definition) is 2. The highest BCUT2D eigenvalue weighted by Gasteiger charge is 2.00. The zero-order chi connectivity index (χ0) is 11.1. The Labute approximate surface area is 90.6 Å². The van der Waals surface area contributed by atoms with Crippen molar-refractivity contribution in [3.05, 3.63) is 47.7 Å². The molecule has 0 aliphatic carbocycles. The molecule has 0 N–H and O–H groups in total. The molecule has 2 nitrogen and oxygen atoms in total. The molecule has 0 spiro atoms. The fourth-order valence-electron chi connectivity index (χ4n) is 1.21. The lowest BCUT2D eigenvalue weighted by molar-refractivity contribution is 0.104. The predicted octanol–water partition coefficient (Wildman–Crippen LogP) is 2.98. The van der Waals surface area contributed by atoms with E-state index in [1.807, 2.05) is 31.2 Å². The number of carbonyl (C=O) groups is 1. The summed E-state index contributed by atoms with van der Waals surface area (Å²) in [6, 6.07) is 7.64. The lowest BCUT2D eigenvalue weighted by Gasteiger charge is -1.98. The Bertz CT molecular complexity index is 336. The Hall–Kier alpha value is -1.57. The van der Waals surface area contributed by atoms with Crippen LogP contribution < -0.4 is 0 Å². The molecule has 0 amide bonds. The maximum absolute atomic E-state index is 11.6. The van der Waals surface area contributed by atoms with Crippen molar-refractivity contribution in [3.63, 3.8) is 0 Å². The van der Waals surface area contributed by atoms with Gasteiger partial charge in [0.2, 0.25) is 0 Å². The Morgan fingerprint density at radius 2 is 1.93 bits per heavy atom. The third kappa shape index (κ3) is 3.58. The van der Waals surface area contributed by atoms with Crippen molar-refractivity contribution >= 4 is 5.78 Å². The van der Waals surface area contributed by atoms with Crippen LogP contribution >= 0.6 is 0 Å². The molecule has 0 saturated carbocycles. The van der Waals surface area contributed by atoms with Crippen LogP contribution in [-0.2, 0) is 11.2 Å². The van der Waals surface area contributed by atoms with Crippen LogP contribution in [0, 0.1) is 0 Å². The zero-order valence-electron chi connectivity index (χ0n) is 9.19. The number of hydrogen-bond donors (Lipinski definition) is 0. The van der Waals surface area contributed by atoms with Crippen molar-refractivity contribution in [2.75, 3.05) is 6.61 Å². The average Bonchev–Trinajstić information content (AvgIpc) is 2.29. The molecule has 1 aromatic carbocycles. The SMILES string of the molecule is CCO/C=C/C(=O)c1ccc(CC)cc1. The summed E-state index contributed by atoms with van der Waals surface area (Å²) in [5.74, 6) is -0.0221. The smallest absolute Gasteiger partial charge is 0.188 e. The molecule has 0 fully saturated rings. The van der Waals surface area contributed by atoms with Crippen molar-refractivity contribution in [2.24, 2.45) is 0 Å². The van der Waals surface area contributed by atoms with Gasteiger partial charge in [-0.2, -0.15) is 0 Å². The van der Waals surface area contributed by atoms with Crippen molar-refractivity contribution in [1.82, 2.24) is 0 Å². The highest BCUT2D eigenvalue weighted by atomic mass is 16.5. The predicted molar refractivity (Wildman–Crippen MR) is 60.9 cm³/mol. The molecule has 0 saturated heterocycles. The van der Waals surface area contributed by atoms with E-state index < -0.39 is 0 Å². The van der Waals surface area contributed by atoms with Gasteiger partial charge in [-0.3, -0.25) is 4.79 Å². The number of carbonyl (C=O) groups excluding carboxylic acids is 1. The lowest BCUT2D eigenvalue weighted by atomic mass is 10.1. The van der Waals surface area contributed by atoms with Crippen LogP contribution in [0.3, 0.4) is 0 Å². The Morgan fingerprint density at radius 3 is 2.47 bits per heavy atom. The molecule has 1 aromatic rings. The second kappa shape index (κ2) is 6.02. The zero-order valence-corrected chi connectivity index (χ0v) is 9.19. The minimum Gasteiger partial charge on any atom is -0.501 e. The standard InChI is InChI=1S/C13H16O2/c1-3-11-5-7-12(8-6-11)13(14)9-10-15-4-2/h5-10H,3-4H2,1-2H3/b10-9+. The summed E-state index contributed by atoms with van der Waals surface area (Å²) in [4.78, 5) is 11.6. The van der Waals surface area contributed by atoms with Gasteiger partial charge in [0, 0.05) is 11.6 Å². The van der Waals surface area contributed by atoms with E-state index >= 15 is 0 Å². The van der Waals surface area contributed by atoms with E-state index in [9.17, 15) is 4.79 Å². The summed E-state index contributed by atoms with van der Waals surface area (Å²) in [6.45, 7) is 4.55. The largest absolute Gasteiger partial charge is 0.501 e. The summed E-state index contributed by atoms with van der Waals surface area (Å²) in [5, 5.41) is 0. The second-order valence-corrected chi connectivity index (χ2v) is 3.17. The van der Waals surface area contributed by atoms with Gasteiger partial charge < -0.3 is 4.74 Å². The number of allylic oxidation sites excluding steroid dienone is 1. The van der Waals surface area contributed by atoms with Crippen LogP contribution in [0.5, 0.6) is 0 Å². The van der Waals surface area contributed by atoms with Gasteiger partial charge in [-0.15, -0.1) is 0 Å². The first-order valence-corrected chi connectivity index (χ1v) is 5.19. The molecule has 15 heavy (non-hydrogen) atoms. The molecule has 1 rings (SSSR count). The van der Waals surface area contributed by atoms with Gasteiger partial charge in [-0.25, -0.2) is 0 Å². The van der Waals surface area contributed by atoms with Crippen LogP contribution in [0.4, 0.5) is 0 Å². The molecule has 0 aromatic heterocycles. The number of ketones is 1. The number of benzene rings is 1. The summed E-state index contributed by atoms with van der Waals surface area (Å²) >= 11 is 0. The minimum atomic E-state index is -0.0221. The molecular formula is C13H16O2. The van der Waals surface area contributed by atoms with Crippen molar-refractivity contribution in [3.8, 4) is 0 Å². The average molecular weight is 204 g/mol. The summed E-state index contributed by atoms with van der Waals surface area (Å²) < 4.78 is 4.97. The highest BCUT2D eigenvalue weighted by molar-refractivity contribution is 6.04. The van der Waals surface area contributed by atoms with Crippen LogP contribution in [0.25, 0.3) is 0 Å². The molecule has 0 radical (unpaired) electrons. The number of rotatable bonds is 5. The van der Waals surface area contributed by atoms with E-state index in [0.717, 1.165) is 6.42 Å². The van der Waals surface area contributed by atoms with Crippen molar-refractivity contribution in [2.45, 2.75) is 20.3 Å². The van der Waals surface area contributed by atoms with Crippen molar-refractivity contribution < 1.29 is 9.53 Å². The monoisotopic (exact) mass is 204 g/mol. The molecule has 0 unspecified atom stereocenters. The van der Waals surface area contributed by atoms with Gasteiger partial charge >= 0.3 is 0 Å². The van der Waals surface area contributed by atoms with E-state index in [2.05, 4.69) is 6.92 Å². The second-order valence-electron chi connectivity index (χ2n) is 3.17. The van der Waals surface area contributed by atoms with E-state index in [1.54, 1.807) is 0 Å². The van der Waals surface area contributed by atoms with E-state index in [4.69, 9.17) is 4.74 Å². The minimum absolute atomic E-state index is 0.0221. The van der Waals surface area contributed by atoms with E-state index in [1.165, 1.54) is 17.9 Å². The van der Waals surface area contributed by atoms with Gasteiger partial charge in [0.1, 0.15) is 0 Å². The van der Waals surface area contributed by atoms with Crippen LogP contribution in [-0.4, -0.2) is 12.4 Å². The Balaban J connectivity index is 2.66. The van der Waals surface area contributed by atoms with E-state index in [0.29, 0.717) is 12.2 Å². The maximum atomic E-state index is 11.6. The van der Waals surface area contributed by atoms with Crippen LogP contribution in [0.15, 0.2) is 36.6 Å². The van der Waals surface area contributed by atoms with Crippen LogP contribution in [0.2, 0.25) is 0 Å². The third-order valence-electron chi connectivity index (χ3n) is 2.13. The first-order chi connectivity index (χ1) is 7.27. The van der Waals surface area contributed by atoms with Crippen LogP contribution in [0.1, 0.15) is 29.8 Å². The summed E-state index contributed by atoms with van der Waals surface area (Å²) in [5.41, 5.74) is 1.93. The Morgan fingerprint density at radius 1 is 1.27 bits per heavy atom. The summed E-state index contributed by atoms with van der Waals surface area (Å²) in [7, 11) is 0. The quantitative estimate of drug-likeness (QED) is 0.418. The molecule has 0 heterocycles. The summed E-state index contributed by atoms with van der Waals surface area (Å²) in [6.07, 6.45) is 3.88. The van der Waals surface area contributed by atoms with E-state index in [-0.39, 0.29) is 5.78 Å². The normalized spacial score (nSPS) is 10.5. The number of ether oxygens (including phenoxy) is 1. The lowest BCUT2D eigenvalue weighted by Crippen LogP contribution is -1.95. The maximum Gasteiger partial charge on any atom is 0.188 e. The topological polar surface area (TPSA) is 26.3 Å². The number of aryl methyl sites for hydroxylation is 1. The molecule has 0 bridgehead atoms. The van der Waals surface area contributed by atoms with Gasteiger partial charge in [0.15, 0.2) is 5.78 Å². The highest BCUT2D eigenvalue weighted by Crippen LogP contribution is 2.06. The first kappa shape index (κ1) is 11.5. The van der Waals surface area contributed by atoms with Gasteiger partial charge in [0.25, 0.3) is 0 Å². The molecule has 0 atom stereocenters.